The molecule has 178 valence electrons. The molecular formula is C26H36IN5O. The lowest BCUT2D eigenvalue weighted by molar-refractivity contribution is -0.131. The molecule has 0 aromatic heterocycles. The average Bonchev–Trinajstić information content (AvgIpc) is 3.27. The SMILES string of the molecule is CCNC(=NCCCC(=O)N1Cc2ccccc2C1)N1CCN(Cc2ccccc2)CC1.I. The van der Waals surface area contributed by atoms with Crippen LogP contribution in [-0.2, 0) is 24.4 Å². The zero-order valence-corrected chi connectivity index (χ0v) is 21.9. The summed E-state index contributed by atoms with van der Waals surface area (Å²) in [6.45, 7) is 10.2. The minimum atomic E-state index is 0. The molecule has 0 saturated carbocycles. The number of benzene rings is 2. The van der Waals surface area contributed by atoms with Gasteiger partial charge in [0.1, 0.15) is 0 Å². The molecule has 6 nitrogen and oxygen atoms in total. The molecule has 0 unspecified atom stereocenters. The summed E-state index contributed by atoms with van der Waals surface area (Å²) >= 11 is 0. The van der Waals surface area contributed by atoms with Crippen LogP contribution in [0.4, 0.5) is 0 Å². The number of fused-ring (bicyclic) bond motifs is 1. The van der Waals surface area contributed by atoms with E-state index in [0.29, 0.717) is 13.0 Å². The van der Waals surface area contributed by atoms with Crippen molar-refractivity contribution in [2.45, 2.75) is 39.4 Å². The molecule has 0 atom stereocenters. The third-order valence-corrected chi connectivity index (χ3v) is 6.26. The third kappa shape index (κ3) is 7.17. The van der Waals surface area contributed by atoms with Gasteiger partial charge < -0.3 is 15.1 Å². The number of guanidine groups is 1. The van der Waals surface area contributed by atoms with E-state index in [0.717, 1.165) is 64.7 Å². The van der Waals surface area contributed by atoms with Crippen molar-refractivity contribution in [2.75, 3.05) is 39.3 Å². The van der Waals surface area contributed by atoms with Gasteiger partial charge in [-0.1, -0.05) is 54.6 Å². The molecule has 1 saturated heterocycles. The number of halogens is 1. The Morgan fingerprint density at radius 2 is 1.55 bits per heavy atom. The van der Waals surface area contributed by atoms with Crippen molar-refractivity contribution in [1.82, 2.24) is 20.0 Å². The van der Waals surface area contributed by atoms with E-state index in [-0.39, 0.29) is 29.9 Å². The first-order chi connectivity index (χ1) is 15.7. The van der Waals surface area contributed by atoms with Gasteiger partial charge in [0.25, 0.3) is 0 Å². The summed E-state index contributed by atoms with van der Waals surface area (Å²) in [5.41, 5.74) is 3.92. The second kappa shape index (κ2) is 12.9. The zero-order chi connectivity index (χ0) is 22.2. The highest BCUT2D eigenvalue weighted by Gasteiger charge is 2.22. The topological polar surface area (TPSA) is 51.2 Å². The third-order valence-electron chi connectivity index (χ3n) is 6.26. The molecule has 0 aliphatic carbocycles. The van der Waals surface area contributed by atoms with Crippen LogP contribution >= 0.6 is 24.0 Å². The molecule has 4 rings (SSSR count). The fourth-order valence-electron chi connectivity index (χ4n) is 4.47. The van der Waals surface area contributed by atoms with Crippen LogP contribution in [0, 0.1) is 0 Å². The smallest absolute Gasteiger partial charge is 0.223 e. The van der Waals surface area contributed by atoms with E-state index in [9.17, 15) is 4.79 Å². The Labute approximate surface area is 215 Å². The Balaban J connectivity index is 0.00000306. The minimum Gasteiger partial charge on any atom is -0.357 e. The first-order valence-corrected chi connectivity index (χ1v) is 11.9. The molecule has 0 spiro atoms. The van der Waals surface area contributed by atoms with Gasteiger partial charge in [0.2, 0.25) is 5.91 Å². The molecule has 7 heteroatoms. The van der Waals surface area contributed by atoms with Crippen LogP contribution in [-0.4, -0.2) is 65.8 Å². The molecule has 2 aromatic carbocycles. The van der Waals surface area contributed by atoms with E-state index in [4.69, 9.17) is 4.99 Å². The predicted molar refractivity (Wildman–Crippen MR) is 145 cm³/mol. The summed E-state index contributed by atoms with van der Waals surface area (Å²) in [6.07, 6.45) is 1.34. The number of aliphatic imine (C=N–C) groups is 1. The van der Waals surface area contributed by atoms with Gasteiger partial charge >= 0.3 is 0 Å². The molecule has 1 N–H and O–H groups in total. The fraction of sp³-hybridized carbons (Fsp3) is 0.462. The molecule has 1 amide bonds. The number of carbonyl (C=O) groups is 1. The van der Waals surface area contributed by atoms with Crippen molar-refractivity contribution < 1.29 is 4.79 Å². The van der Waals surface area contributed by atoms with Gasteiger partial charge in [-0.2, -0.15) is 0 Å². The summed E-state index contributed by atoms with van der Waals surface area (Å²) in [4.78, 5) is 24.3. The molecule has 0 bridgehead atoms. The van der Waals surface area contributed by atoms with Crippen molar-refractivity contribution in [3.63, 3.8) is 0 Å². The Morgan fingerprint density at radius 3 is 2.18 bits per heavy atom. The molecular weight excluding hydrogens is 525 g/mol. The summed E-state index contributed by atoms with van der Waals surface area (Å²) in [5, 5.41) is 3.43. The van der Waals surface area contributed by atoms with Gasteiger partial charge in [-0.25, -0.2) is 0 Å². The standard InChI is InChI=1S/C26H35N5O.HI/c1-2-27-26(30-17-15-29(16-18-30)19-22-9-4-3-5-10-22)28-14-8-13-25(32)31-20-23-11-6-7-12-24(23)21-31;/h3-7,9-12H,2,8,13-21H2,1H3,(H,27,28);1H. The van der Waals surface area contributed by atoms with Crippen molar-refractivity contribution in [3.8, 4) is 0 Å². The maximum absolute atomic E-state index is 12.6. The Hall–Kier alpha value is -2.13. The van der Waals surface area contributed by atoms with Crippen molar-refractivity contribution >= 4 is 35.8 Å². The molecule has 2 aliphatic heterocycles. The van der Waals surface area contributed by atoms with Crippen LogP contribution in [0.25, 0.3) is 0 Å². The van der Waals surface area contributed by atoms with E-state index in [1.165, 1.54) is 16.7 Å². The van der Waals surface area contributed by atoms with Gasteiger partial charge in [-0.05, 0) is 30.0 Å². The summed E-state index contributed by atoms with van der Waals surface area (Å²) in [7, 11) is 0. The maximum Gasteiger partial charge on any atom is 0.223 e. The van der Waals surface area contributed by atoms with Crippen LogP contribution in [0.15, 0.2) is 59.6 Å². The monoisotopic (exact) mass is 561 g/mol. The van der Waals surface area contributed by atoms with Crippen LogP contribution in [0.3, 0.4) is 0 Å². The minimum absolute atomic E-state index is 0. The molecule has 2 heterocycles. The van der Waals surface area contributed by atoms with E-state index in [1.54, 1.807) is 0 Å². The van der Waals surface area contributed by atoms with Crippen molar-refractivity contribution in [1.29, 1.82) is 0 Å². The molecule has 2 aromatic rings. The maximum atomic E-state index is 12.6. The molecule has 0 radical (unpaired) electrons. The number of hydrogen-bond acceptors (Lipinski definition) is 3. The quantitative estimate of drug-likeness (QED) is 0.243. The van der Waals surface area contributed by atoms with Crippen molar-refractivity contribution in [2.24, 2.45) is 4.99 Å². The van der Waals surface area contributed by atoms with Gasteiger partial charge in [-0.3, -0.25) is 14.7 Å². The highest BCUT2D eigenvalue weighted by atomic mass is 127. The van der Waals surface area contributed by atoms with E-state index in [1.807, 2.05) is 17.0 Å². The summed E-state index contributed by atoms with van der Waals surface area (Å²) in [6, 6.07) is 19.0. The number of nitrogens with zero attached hydrogens (tertiary/aromatic N) is 4. The molecule has 2 aliphatic rings. The lowest BCUT2D eigenvalue weighted by Crippen LogP contribution is -2.52. The lowest BCUT2D eigenvalue weighted by atomic mass is 10.1. The Kier molecular flexibility index (Phi) is 9.99. The van der Waals surface area contributed by atoms with Crippen LogP contribution in [0.1, 0.15) is 36.5 Å². The Morgan fingerprint density at radius 1 is 0.909 bits per heavy atom. The van der Waals surface area contributed by atoms with Gasteiger partial charge in [-0.15, -0.1) is 24.0 Å². The number of nitrogens with one attached hydrogen (secondary N) is 1. The highest BCUT2D eigenvalue weighted by Crippen LogP contribution is 2.23. The van der Waals surface area contributed by atoms with E-state index < -0.39 is 0 Å². The van der Waals surface area contributed by atoms with Gasteiger partial charge in [0.05, 0.1) is 0 Å². The predicted octanol–water partition coefficient (Wildman–Crippen LogP) is 3.71. The number of rotatable bonds is 7. The lowest BCUT2D eigenvalue weighted by Gasteiger charge is -2.36. The number of carbonyl (C=O) groups excluding carboxylic acids is 1. The molecule has 1 fully saturated rings. The van der Waals surface area contributed by atoms with Gasteiger partial charge in [0, 0.05) is 65.3 Å². The number of amides is 1. The number of piperazine rings is 1. The molecule has 33 heavy (non-hydrogen) atoms. The second-order valence-corrected chi connectivity index (χ2v) is 8.61. The normalized spacial score (nSPS) is 16.3. The average molecular weight is 562 g/mol. The first-order valence-electron chi connectivity index (χ1n) is 11.9. The second-order valence-electron chi connectivity index (χ2n) is 8.61. The van der Waals surface area contributed by atoms with Crippen LogP contribution in [0.2, 0.25) is 0 Å². The number of hydrogen-bond donors (Lipinski definition) is 1. The van der Waals surface area contributed by atoms with Crippen LogP contribution in [0.5, 0.6) is 0 Å². The fourth-order valence-corrected chi connectivity index (χ4v) is 4.47. The van der Waals surface area contributed by atoms with E-state index >= 15 is 0 Å². The first kappa shape index (κ1) is 25.5. The van der Waals surface area contributed by atoms with Gasteiger partial charge in [0.15, 0.2) is 5.96 Å². The summed E-state index contributed by atoms with van der Waals surface area (Å²) in [5.74, 6) is 1.21. The van der Waals surface area contributed by atoms with Crippen molar-refractivity contribution in [3.05, 3.63) is 71.3 Å². The summed E-state index contributed by atoms with van der Waals surface area (Å²) < 4.78 is 0. The highest BCUT2D eigenvalue weighted by molar-refractivity contribution is 14.0. The van der Waals surface area contributed by atoms with E-state index in [2.05, 4.69) is 64.5 Å². The zero-order valence-electron chi connectivity index (χ0n) is 19.6. The van der Waals surface area contributed by atoms with Crippen LogP contribution < -0.4 is 5.32 Å². The largest absolute Gasteiger partial charge is 0.357 e. The Bertz CT molecular complexity index is 887.